The number of nitrogens with zero attached hydrogens (tertiary/aromatic N) is 3. The first-order valence-corrected chi connectivity index (χ1v) is 7.74. The van der Waals surface area contributed by atoms with Crippen molar-refractivity contribution in [1.82, 2.24) is 9.97 Å². The molecule has 0 bridgehead atoms. The molecular weight excluding hydrogens is 248 g/mol. The molecule has 0 amide bonds. The Labute approximate surface area is 124 Å². The van der Waals surface area contributed by atoms with E-state index in [1.807, 2.05) is 14.0 Å². The molecule has 4 nitrogen and oxygen atoms in total. The lowest BCUT2D eigenvalue weighted by molar-refractivity contribution is 0.502. The standard InChI is InChI=1S/C16H30N4/c1-8-14(9-2)20(10-11(3)4)16-12(5)15(17-7)18-13(6)19-16/h11,14H,8-10H2,1-7H3,(H,17,18,19). The molecule has 0 saturated heterocycles. The van der Waals surface area contributed by atoms with Gasteiger partial charge in [-0.05, 0) is 32.6 Å². The smallest absolute Gasteiger partial charge is 0.137 e. The molecule has 0 unspecified atom stereocenters. The summed E-state index contributed by atoms with van der Waals surface area (Å²) in [5.74, 6) is 3.47. The van der Waals surface area contributed by atoms with Crippen LogP contribution in [0.15, 0.2) is 0 Å². The third-order valence-electron chi connectivity index (χ3n) is 3.69. The van der Waals surface area contributed by atoms with Crippen LogP contribution in [0.25, 0.3) is 0 Å². The molecule has 0 fully saturated rings. The van der Waals surface area contributed by atoms with Crippen molar-refractivity contribution in [2.24, 2.45) is 5.92 Å². The normalized spacial score (nSPS) is 11.2. The molecule has 0 aliphatic heterocycles. The second-order valence-corrected chi connectivity index (χ2v) is 5.83. The maximum absolute atomic E-state index is 4.73. The zero-order valence-corrected chi connectivity index (χ0v) is 14.1. The van der Waals surface area contributed by atoms with Crippen LogP contribution in [-0.2, 0) is 0 Å². The average Bonchev–Trinajstić information content (AvgIpc) is 2.40. The zero-order valence-electron chi connectivity index (χ0n) is 14.1. The summed E-state index contributed by atoms with van der Waals surface area (Å²) in [6.45, 7) is 14.1. The lowest BCUT2D eigenvalue weighted by Crippen LogP contribution is -2.38. The molecule has 1 N–H and O–H groups in total. The molecule has 1 aromatic heterocycles. The minimum absolute atomic E-state index is 0.537. The summed E-state index contributed by atoms with van der Waals surface area (Å²) in [7, 11) is 1.92. The van der Waals surface area contributed by atoms with Gasteiger partial charge in [0.15, 0.2) is 0 Å². The maximum atomic E-state index is 4.73. The van der Waals surface area contributed by atoms with Gasteiger partial charge in [0.1, 0.15) is 17.5 Å². The second-order valence-electron chi connectivity index (χ2n) is 5.83. The topological polar surface area (TPSA) is 41.1 Å². The van der Waals surface area contributed by atoms with Gasteiger partial charge in [0.2, 0.25) is 0 Å². The van der Waals surface area contributed by atoms with Gasteiger partial charge in [-0.3, -0.25) is 0 Å². The van der Waals surface area contributed by atoms with E-state index in [2.05, 4.69) is 49.8 Å². The Morgan fingerprint density at radius 3 is 2.15 bits per heavy atom. The highest BCUT2D eigenvalue weighted by Gasteiger charge is 2.21. The Morgan fingerprint density at radius 2 is 1.70 bits per heavy atom. The van der Waals surface area contributed by atoms with Crippen molar-refractivity contribution in [2.75, 3.05) is 23.8 Å². The first-order valence-electron chi connectivity index (χ1n) is 7.74. The molecule has 0 radical (unpaired) electrons. The number of aromatic nitrogens is 2. The summed E-state index contributed by atoms with van der Waals surface area (Å²) < 4.78 is 0. The fourth-order valence-electron chi connectivity index (χ4n) is 2.67. The molecule has 0 atom stereocenters. The van der Waals surface area contributed by atoms with Gasteiger partial charge >= 0.3 is 0 Å². The fraction of sp³-hybridized carbons (Fsp3) is 0.750. The van der Waals surface area contributed by atoms with E-state index in [0.717, 1.165) is 42.4 Å². The van der Waals surface area contributed by atoms with Crippen LogP contribution in [0.1, 0.15) is 51.9 Å². The quantitative estimate of drug-likeness (QED) is 0.824. The third kappa shape index (κ3) is 3.84. The minimum atomic E-state index is 0.537. The molecule has 4 heteroatoms. The summed E-state index contributed by atoms with van der Waals surface area (Å²) >= 11 is 0. The van der Waals surface area contributed by atoms with E-state index in [4.69, 9.17) is 4.98 Å². The number of rotatable bonds is 7. The van der Waals surface area contributed by atoms with Crippen molar-refractivity contribution < 1.29 is 0 Å². The number of nitrogens with one attached hydrogen (secondary N) is 1. The van der Waals surface area contributed by atoms with Gasteiger partial charge in [0.25, 0.3) is 0 Å². The van der Waals surface area contributed by atoms with Gasteiger partial charge in [0.05, 0.1) is 0 Å². The highest BCUT2D eigenvalue weighted by atomic mass is 15.2. The number of aryl methyl sites for hydroxylation is 1. The van der Waals surface area contributed by atoms with Gasteiger partial charge in [-0.2, -0.15) is 0 Å². The molecule has 0 aliphatic rings. The van der Waals surface area contributed by atoms with E-state index < -0.39 is 0 Å². The van der Waals surface area contributed by atoms with Crippen molar-refractivity contribution in [1.29, 1.82) is 0 Å². The average molecular weight is 278 g/mol. The van der Waals surface area contributed by atoms with Crippen molar-refractivity contribution >= 4 is 11.6 Å². The Bertz CT molecular complexity index is 425. The largest absolute Gasteiger partial charge is 0.373 e. The zero-order chi connectivity index (χ0) is 15.3. The van der Waals surface area contributed by atoms with E-state index in [9.17, 15) is 0 Å². The highest BCUT2D eigenvalue weighted by Crippen LogP contribution is 2.27. The predicted molar refractivity (Wildman–Crippen MR) is 87.6 cm³/mol. The molecule has 1 heterocycles. The molecule has 1 rings (SSSR count). The van der Waals surface area contributed by atoms with Crippen LogP contribution in [0.5, 0.6) is 0 Å². The third-order valence-corrected chi connectivity index (χ3v) is 3.69. The molecule has 0 aliphatic carbocycles. The van der Waals surface area contributed by atoms with E-state index >= 15 is 0 Å². The van der Waals surface area contributed by atoms with E-state index in [-0.39, 0.29) is 0 Å². The Morgan fingerprint density at radius 1 is 1.10 bits per heavy atom. The van der Waals surface area contributed by atoms with Crippen LogP contribution in [-0.4, -0.2) is 29.6 Å². The molecule has 20 heavy (non-hydrogen) atoms. The SMILES string of the molecule is CCC(CC)N(CC(C)C)c1nc(C)nc(NC)c1C. The van der Waals surface area contributed by atoms with E-state index in [1.165, 1.54) is 0 Å². The van der Waals surface area contributed by atoms with E-state index in [0.29, 0.717) is 12.0 Å². The number of hydrogen-bond acceptors (Lipinski definition) is 4. The van der Waals surface area contributed by atoms with Crippen LogP contribution in [0.2, 0.25) is 0 Å². The Kier molecular flexibility index (Phi) is 6.24. The van der Waals surface area contributed by atoms with Crippen LogP contribution in [0.4, 0.5) is 11.6 Å². The van der Waals surface area contributed by atoms with Crippen LogP contribution >= 0.6 is 0 Å². The fourth-order valence-corrected chi connectivity index (χ4v) is 2.67. The van der Waals surface area contributed by atoms with Crippen molar-refractivity contribution in [3.8, 4) is 0 Å². The lowest BCUT2D eigenvalue weighted by atomic mass is 10.1. The van der Waals surface area contributed by atoms with Crippen LogP contribution in [0.3, 0.4) is 0 Å². The van der Waals surface area contributed by atoms with Gasteiger partial charge in [-0.25, -0.2) is 9.97 Å². The van der Waals surface area contributed by atoms with Crippen molar-refractivity contribution in [3.63, 3.8) is 0 Å². The summed E-state index contributed by atoms with van der Waals surface area (Å²) in [4.78, 5) is 11.7. The summed E-state index contributed by atoms with van der Waals surface area (Å²) in [6.07, 6.45) is 2.28. The summed E-state index contributed by atoms with van der Waals surface area (Å²) in [6, 6.07) is 0.537. The molecule has 0 spiro atoms. The van der Waals surface area contributed by atoms with Gasteiger partial charge < -0.3 is 10.2 Å². The van der Waals surface area contributed by atoms with E-state index in [1.54, 1.807) is 0 Å². The first kappa shape index (κ1) is 16.7. The first-order chi connectivity index (χ1) is 9.44. The molecular formula is C16H30N4. The second kappa shape index (κ2) is 7.46. The Balaban J connectivity index is 3.28. The van der Waals surface area contributed by atoms with Gasteiger partial charge in [-0.1, -0.05) is 27.7 Å². The van der Waals surface area contributed by atoms with Crippen LogP contribution < -0.4 is 10.2 Å². The predicted octanol–water partition coefficient (Wildman–Crippen LogP) is 3.79. The van der Waals surface area contributed by atoms with Crippen molar-refractivity contribution in [2.45, 2.75) is 60.4 Å². The summed E-state index contributed by atoms with van der Waals surface area (Å²) in [5, 5.41) is 3.18. The highest BCUT2D eigenvalue weighted by molar-refractivity contribution is 5.59. The van der Waals surface area contributed by atoms with Crippen LogP contribution in [0, 0.1) is 19.8 Å². The lowest BCUT2D eigenvalue weighted by Gasteiger charge is -2.34. The molecule has 0 aromatic carbocycles. The summed E-state index contributed by atoms with van der Waals surface area (Å²) in [5.41, 5.74) is 1.14. The van der Waals surface area contributed by atoms with Gasteiger partial charge in [0, 0.05) is 25.2 Å². The molecule has 114 valence electrons. The molecule has 0 saturated carbocycles. The minimum Gasteiger partial charge on any atom is -0.373 e. The monoisotopic (exact) mass is 278 g/mol. The Hall–Kier alpha value is -1.32. The van der Waals surface area contributed by atoms with Crippen molar-refractivity contribution in [3.05, 3.63) is 11.4 Å². The number of anilines is 2. The number of hydrogen-bond donors (Lipinski definition) is 1. The maximum Gasteiger partial charge on any atom is 0.137 e. The molecule has 1 aromatic rings. The van der Waals surface area contributed by atoms with Gasteiger partial charge in [-0.15, -0.1) is 0 Å².